The minimum Gasteiger partial charge on any atom is -0.505 e. The summed E-state index contributed by atoms with van der Waals surface area (Å²) in [4.78, 5) is 4.25. The molecule has 1 saturated carbocycles. The van der Waals surface area contributed by atoms with Gasteiger partial charge in [-0.05, 0) is 31.0 Å². The number of halogens is 1. The Morgan fingerprint density at radius 2 is 2.05 bits per heavy atom. The van der Waals surface area contributed by atoms with Crippen LogP contribution >= 0.6 is 0 Å². The smallest absolute Gasteiger partial charge is 0.247 e. The quantitative estimate of drug-likeness (QED) is 0.868. The SMILES string of the molecule is NC1(c2nc(-c3ccc(O)c(F)c3)no2)CCCC1. The van der Waals surface area contributed by atoms with Gasteiger partial charge in [-0.3, -0.25) is 0 Å². The van der Waals surface area contributed by atoms with E-state index in [2.05, 4.69) is 10.1 Å². The van der Waals surface area contributed by atoms with E-state index >= 15 is 0 Å². The van der Waals surface area contributed by atoms with Crippen molar-refractivity contribution in [3.63, 3.8) is 0 Å². The van der Waals surface area contributed by atoms with Gasteiger partial charge in [-0.15, -0.1) is 0 Å². The molecule has 0 atom stereocenters. The molecule has 3 N–H and O–H groups in total. The third-order valence-corrected chi connectivity index (χ3v) is 3.55. The summed E-state index contributed by atoms with van der Waals surface area (Å²) in [5.74, 6) is -0.440. The number of phenolic OH excluding ortho intramolecular Hbond substituents is 1. The number of hydrogen-bond acceptors (Lipinski definition) is 5. The lowest BCUT2D eigenvalue weighted by Gasteiger charge is -2.17. The van der Waals surface area contributed by atoms with Crippen LogP contribution in [-0.2, 0) is 5.54 Å². The molecule has 100 valence electrons. The minimum atomic E-state index is -0.716. The monoisotopic (exact) mass is 263 g/mol. The van der Waals surface area contributed by atoms with Gasteiger partial charge in [0.05, 0.1) is 5.54 Å². The molecule has 1 aliphatic carbocycles. The standard InChI is InChI=1S/C13H14FN3O2/c14-9-7-8(3-4-10(9)18)11-16-12(19-17-11)13(15)5-1-2-6-13/h3-4,7,18H,1-2,5-6,15H2. The third-order valence-electron chi connectivity index (χ3n) is 3.55. The molecule has 6 heteroatoms. The second-order valence-electron chi connectivity index (χ2n) is 4.95. The summed E-state index contributed by atoms with van der Waals surface area (Å²) in [6, 6.07) is 3.96. The van der Waals surface area contributed by atoms with E-state index in [4.69, 9.17) is 15.4 Å². The minimum absolute atomic E-state index is 0.283. The fourth-order valence-corrected chi connectivity index (χ4v) is 2.41. The summed E-state index contributed by atoms with van der Waals surface area (Å²) >= 11 is 0. The Labute approximate surface area is 109 Å². The predicted molar refractivity (Wildman–Crippen MR) is 65.7 cm³/mol. The van der Waals surface area contributed by atoms with Gasteiger partial charge in [0.25, 0.3) is 0 Å². The van der Waals surface area contributed by atoms with Crippen molar-refractivity contribution in [2.24, 2.45) is 5.73 Å². The van der Waals surface area contributed by atoms with E-state index in [9.17, 15) is 4.39 Å². The topological polar surface area (TPSA) is 85.2 Å². The van der Waals surface area contributed by atoms with E-state index in [1.165, 1.54) is 18.2 Å². The molecule has 19 heavy (non-hydrogen) atoms. The molecule has 1 heterocycles. The van der Waals surface area contributed by atoms with Crippen molar-refractivity contribution in [3.05, 3.63) is 29.9 Å². The molecule has 0 radical (unpaired) electrons. The van der Waals surface area contributed by atoms with Crippen molar-refractivity contribution < 1.29 is 14.0 Å². The first kappa shape index (κ1) is 12.1. The Morgan fingerprint density at radius 3 is 2.74 bits per heavy atom. The number of aromatic nitrogens is 2. The summed E-state index contributed by atoms with van der Waals surface area (Å²) in [6.45, 7) is 0. The van der Waals surface area contributed by atoms with Crippen LogP contribution in [0.1, 0.15) is 31.6 Å². The first-order chi connectivity index (χ1) is 9.08. The summed E-state index contributed by atoms with van der Waals surface area (Å²) in [5.41, 5.74) is 6.11. The second-order valence-corrected chi connectivity index (χ2v) is 4.95. The van der Waals surface area contributed by atoms with Gasteiger partial charge in [-0.1, -0.05) is 18.0 Å². The molecule has 2 aromatic rings. The molecule has 0 unspecified atom stereocenters. The molecule has 0 aliphatic heterocycles. The first-order valence-corrected chi connectivity index (χ1v) is 6.20. The van der Waals surface area contributed by atoms with E-state index in [0.29, 0.717) is 11.5 Å². The van der Waals surface area contributed by atoms with Gasteiger partial charge in [-0.25, -0.2) is 4.39 Å². The zero-order valence-corrected chi connectivity index (χ0v) is 10.3. The molecule has 1 fully saturated rings. The van der Waals surface area contributed by atoms with Crippen molar-refractivity contribution in [3.8, 4) is 17.1 Å². The fraction of sp³-hybridized carbons (Fsp3) is 0.385. The Morgan fingerprint density at radius 1 is 1.32 bits per heavy atom. The van der Waals surface area contributed by atoms with E-state index < -0.39 is 17.1 Å². The van der Waals surface area contributed by atoms with Crippen LogP contribution in [0, 0.1) is 5.82 Å². The van der Waals surface area contributed by atoms with Crippen molar-refractivity contribution in [2.75, 3.05) is 0 Å². The van der Waals surface area contributed by atoms with Gasteiger partial charge in [0, 0.05) is 5.56 Å². The van der Waals surface area contributed by atoms with Crippen molar-refractivity contribution in [2.45, 2.75) is 31.2 Å². The van der Waals surface area contributed by atoms with Gasteiger partial charge in [0.15, 0.2) is 11.6 Å². The largest absolute Gasteiger partial charge is 0.505 e. The lowest BCUT2D eigenvalue weighted by molar-refractivity contribution is 0.285. The molecule has 0 spiro atoms. The van der Waals surface area contributed by atoms with Crippen LogP contribution in [0.25, 0.3) is 11.4 Å². The molecule has 0 amide bonds. The van der Waals surface area contributed by atoms with Crippen LogP contribution in [0.5, 0.6) is 5.75 Å². The summed E-state index contributed by atoms with van der Waals surface area (Å²) in [6.07, 6.45) is 3.72. The van der Waals surface area contributed by atoms with Crippen molar-refractivity contribution in [1.29, 1.82) is 0 Å². The van der Waals surface area contributed by atoms with Crippen LogP contribution in [0.3, 0.4) is 0 Å². The van der Waals surface area contributed by atoms with Gasteiger partial charge in [-0.2, -0.15) is 4.98 Å². The van der Waals surface area contributed by atoms with Gasteiger partial charge < -0.3 is 15.4 Å². The number of hydrogen-bond donors (Lipinski definition) is 2. The second kappa shape index (κ2) is 4.31. The van der Waals surface area contributed by atoms with Crippen LogP contribution in [0.15, 0.2) is 22.7 Å². The molecule has 3 rings (SSSR count). The molecular formula is C13H14FN3O2. The van der Waals surface area contributed by atoms with Crippen LogP contribution in [0.2, 0.25) is 0 Å². The normalized spacial score (nSPS) is 17.8. The predicted octanol–water partition coefficient (Wildman–Crippen LogP) is 2.31. The van der Waals surface area contributed by atoms with E-state index in [1.54, 1.807) is 0 Å². The lowest BCUT2D eigenvalue weighted by atomic mass is 9.99. The number of phenols is 1. The molecule has 1 aromatic carbocycles. The highest BCUT2D eigenvalue weighted by Gasteiger charge is 2.36. The first-order valence-electron chi connectivity index (χ1n) is 6.20. The highest BCUT2D eigenvalue weighted by atomic mass is 19.1. The molecular weight excluding hydrogens is 249 g/mol. The van der Waals surface area contributed by atoms with Crippen molar-refractivity contribution >= 4 is 0 Å². The maximum Gasteiger partial charge on any atom is 0.247 e. The molecule has 0 saturated heterocycles. The zero-order chi connectivity index (χ0) is 13.5. The number of nitrogens with zero attached hydrogens (tertiary/aromatic N) is 2. The summed E-state index contributed by atoms with van der Waals surface area (Å²) in [7, 11) is 0. The molecule has 5 nitrogen and oxygen atoms in total. The number of nitrogens with two attached hydrogens (primary N) is 1. The average Bonchev–Trinajstić information content (AvgIpc) is 3.02. The highest BCUT2D eigenvalue weighted by Crippen LogP contribution is 2.36. The van der Waals surface area contributed by atoms with Crippen LogP contribution < -0.4 is 5.73 Å². The molecule has 1 aromatic heterocycles. The number of benzene rings is 1. The van der Waals surface area contributed by atoms with Gasteiger partial charge in [0.1, 0.15) is 0 Å². The Hall–Kier alpha value is -1.95. The van der Waals surface area contributed by atoms with Gasteiger partial charge >= 0.3 is 0 Å². The number of rotatable bonds is 2. The average molecular weight is 263 g/mol. The molecule has 1 aliphatic rings. The zero-order valence-electron chi connectivity index (χ0n) is 10.3. The Bertz CT molecular complexity index is 606. The maximum atomic E-state index is 13.3. The fourth-order valence-electron chi connectivity index (χ4n) is 2.41. The van der Waals surface area contributed by atoms with E-state index in [0.717, 1.165) is 25.7 Å². The lowest BCUT2D eigenvalue weighted by Crippen LogP contribution is -2.33. The van der Waals surface area contributed by atoms with Gasteiger partial charge in [0.2, 0.25) is 11.7 Å². The van der Waals surface area contributed by atoms with Crippen LogP contribution in [0.4, 0.5) is 4.39 Å². The number of aromatic hydroxyl groups is 1. The summed E-state index contributed by atoms with van der Waals surface area (Å²) in [5, 5.41) is 13.0. The van der Waals surface area contributed by atoms with E-state index in [-0.39, 0.29) is 5.82 Å². The maximum absolute atomic E-state index is 13.3. The molecule has 0 bridgehead atoms. The van der Waals surface area contributed by atoms with Crippen LogP contribution in [-0.4, -0.2) is 15.2 Å². The summed E-state index contributed by atoms with van der Waals surface area (Å²) < 4.78 is 18.5. The Kier molecular flexibility index (Phi) is 2.74. The highest BCUT2D eigenvalue weighted by molar-refractivity contribution is 5.56. The third kappa shape index (κ3) is 2.08. The van der Waals surface area contributed by atoms with E-state index in [1.807, 2.05) is 0 Å². The van der Waals surface area contributed by atoms with Crippen molar-refractivity contribution in [1.82, 2.24) is 10.1 Å². The Balaban J connectivity index is 1.94.